The van der Waals surface area contributed by atoms with Gasteiger partial charge in [-0.25, -0.2) is 0 Å². The summed E-state index contributed by atoms with van der Waals surface area (Å²) < 4.78 is 12.5. The van der Waals surface area contributed by atoms with Crippen molar-refractivity contribution in [2.24, 2.45) is 7.05 Å². The van der Waals surface area contributed by atoms with E-state index in [1.54, 1.807) is 6.08 Å². The quantitative estimate of drug-likeness (QED) is 0.563. The molecule has 0 radical (unpaired) electrons. The van der Waals surface area contributed by atoms with E-state index in [0.717, 1.165) is 11.5 Å². The lowest BCUT2D eigenvalue weighted by atomic mass is 10.6. The molecule has 11 heavy (non-hydrogen) atoms. The first-order valence-corrected chi connectivity index (χ1v) is 3.47. The second-order valence-electron chi connectivity index (χ2n) is 2.46. The van der Waals surface area contributed by atoms with Crippen LogP contribution in [0.5, 0.6) is 11.5 Å². The second-order valence-corrected chi connectivity index (χ2v) is 2.46. The van der Waals surface area contributed by atoms with Crippen LogP contribution in [0.4, 0.5) is 0 Å². The summed E-state index contributed by atoms with van der Waals surface area (Å²) in [5.74, 6) is 2.15. The number of ether oxygens (including phenoxy) is 2. The van der Waals surface area contributed by atoms with Crippen LogP contribution in [0, 0.1) is 0 Å². The number of aryl methyl sites for hydroxylation is 1. The zero-order chi connectivity index (χ0) is 7.84. The molecule has 0 atom stereocenters. The monoisotopic (exact) mass is 151 g/mol. The number of hydrogen-bond donors (Lipinski definition) is 0. The summed E-state index contributed by atoms with van der Waals surface area (Å²) >= 11 is 0. The Bertz CT molecular complexity index is 286. The van der Waals surface area contributed by atoms with Crippen LogP contribution in [0.25, 0.3) is 0 Å². The van der Waals surface area contributed by atoms with E-state index in [4.69, 9.17) is 9.47 Å². The van der Waals surface area contributed by atoms with Crippen LogP contribution in [0.1, 0.15) is 6.92 Å². The summed E-state index contributed by atoms with van der Waals surface area (Å²) in [7, 11) is 1.93. The van der Waals surface area contributed by atoms with Gasteiger partial charge in [-0.1, -0.05) is 0 Å². The van der Waals surface area contributed by atoms with Gasteiger partial charge in [-0.3, -0.25) is 0 Å². The zero-order valence-electron chi connectivity index (χ0n) is 6.50. The van der Waals surface area contributed by atoms with Crippen LogP contribution in [-0.2, 0) is 7.05 Å². The van der Waals surface area contributed by atoms with Gasteiger partial charge in [-0.2, -0.15) is 0 Å². The van der Waals surface area contributed by atoms with Gasteiger partial charge in [0.1, 0.15) is 0 Å². The minimum atomic E-state index is 0.565. The van der Waals surface area contributed by atoms with E-state index in [9.17, 15) is 0 Å². The molecule has 0 saturated carbocycles. The van der Waals surface area contributed by atoms with E-state index in [1.165, 1.54) is 0 Å². The Kier molecular flexibility index (Phi) is 1.18. The predicted molar refractivity (Wildman–Crippen MR) is 40.4 cm³/mol. The summed E-state index contributed by atoms with van der Waals surface area (Å²) in [6.07, 6.45) is 5.55. The average Bonchev–Trinajstić information content (AvgIpc) is 2.43. The molecular weight excluding hydrogens is 142 g/mol. The molecule has 1 aromatic rings. The molecule has 3 nitrogen and oxygen atoms in total. The standard InChI is InChI=1S/C8H9NO2/c1-3-8-10-6-4-9(2)5-7(6)11-8/h3-5H,1-2H3. The SMILES string of the molecule is CC=C1Oc2cn(C)cc2O1. The van der Waals surface area contributed by atoms with Crippen molar-refractivity contribution < 1.29 is 9.47 Å². The Labute approximate surface area is 64.8 Å². The van der Waals surface area contributed by atoms with Crippen LogP contribution in [-0.4, -0.2) is 4.57 Å². The fourth-order valence-corrected chi connectivity index (χ4v) is 1.04. The van der Waals surface area contributed by atoms with E-state index in [0.29, 0.717) is 5.95 Å². The highest BCUT2D eigenvalue weighted by atomic mass is 16.7. The van der Waals surface area contributed by atoms with Crippen LogP contribution < -0.4 is 9.47 Å². The maximum Gasteiger partial charge on any atom is 0.286 e. The van der Waals surface area contributed by atoms with E-state index < -0.39 is 0 Å². The van der Waals surface area contributed by atoms with Crippen molar-refractivity contribution in [3.8, 4) is 11.5 Å². The van der Waals surface area contributed by atoms with Gasteiger partial charge in [-0.05, 0) is 13.0 Å². The number of hydrogen-bond acceptors (Lipinski definition) is 2. The number of rotatable bonds is 0. The molecule has 1 aromatic heterocycles. The molecule has 0 N–H and O–H groups in total. The van der Waals surface area contributed by atoms with Crippen LogP contribution >= 0.6 is 0 Å². The normalized spacial score (nSPS) is 13.8. The van der Waals surface area contributed by atoms with Gasteiger partial charge in [0, 0.05) is 7.05 Å². The summed E-state index contributed by atoms with van der Waals surface area (Å²) in [5, 5.41) is 0. The Morgan fingerprint density at radius 3 is 2.27 bits per heavy atom. The predicted octanol–water partition coefficient (Wildman–Crippen LogP) is 1.66. The van der Waals surface area contributed by atoms with Crippen molar-refractivity contribution in [3.05, 3.63) is 24.4 Å². The molecule has 1 aliphatic heterocycles. The first kappa shape index (κ1) is 6.34. The topological polar surface area (TPSA) is 23.4 Å². The molecule has 2 rings (SSSR count). The van der Waals surface area contributed by atoms with Crippen molar-refractivity contribution in [2.45, 2.75) is 6.92 Å². The molecule has 2 heterocycles. The zero-order valence-corrected chi connectivity index (χ0v) is 6.50. The fraction of sp³-hybridized carbons (Fsp3) is 0.250. The van der Waals surface area contributed by atoms with Gasteiger partial charge in [0.15, 0.2) is 11.5 Å². The summed E-state index contributed by atoms with van der Waals surface area (Å²) in [4.78, 5) is 0. The van der Waals surface area contributed by atoms with E-state index in [1.807, 2.05) is 30.9 Å². The Morgan fingerprint density at radius 1 is 1.27 bits per heavy atom. The molecule has 3 heteroatoms. The van der Waals surface area contributed by atoms with Gasteiger partial charge in [0.2, 0.25) is 0 Å². The summed E-state index contributed by atoms with van der Waals surface area (Å²) in [6.45, 7) is 1.88. The van der Waals surface area contributed by atoms with Crippen molar-refractivity contribution >= 4 is 0 Å². The van der Waals surface area contributed by atoms with Crippen LogP contribution in [0.2, 0.25) is 0 Å². The lowest BCUT2D eigenvalue weighted by Gasteiger charge is -1.95. The van der Waals surface area contributed by atoms with Crippen molar-refractivity contribution in [2.75, 3.05) is 0 Å². The molecule has 1 aliphatic rings. The maximum absolute atomic E-state index is 5.29. The highest BCUT2D eigenvalue weighted by Crippen LogP contribution is 2.36. The third kappa shape index (κ3) is 0.888. The Balaban J connectivity index is 2.37. The fourth-order valence-electron chi connectivity index (χ4n) is 1.04. The molecule has 0 spiro atoms. The van der Waals surface area contributed by atoms with Gasteiger partial charge in [0.05, 0.1) is 12.4 Å². The minimum Gasteiger partial charge on any atom is -0.421 e. The minimum absolute atomic E-state index is 0.565. The highest BCUT2D eigenvalue weighted by molar-refractivity contribution is 5.42. The number of nitrogens with zero attached hydrogens (tertiary/aromatic N) is 1. The smallest absolute Gasteiger partial charge is 0.286 e. The average molecular weight is 151 g/mol. The second kappa shape index (κ2) is 2.05. The molecule has 0 saturated heterocycles. The van der Waals surface area contributed by atoms with Gasteiger partial charge in [0.25, 0.3) is 5.95 Å². The molecule has 0 unspecified atom stereocenters. The first-order chi connectivity index (χ1) is 5.29. The lowest BCUT2D eigenvalue weighted by Crippen LogP contribution is -1.94. The largest absolute Gasteiger partial charge is 0.421 e. The number of aromatic nitrogens is 1. The maximum atomic E-state index is 5.29. The number of fused-ring (bicyclic) bond motifs is 1. The van der Waals surface area contributed by atoms with E-state index in [-0.39, 0.29) is 0 Å². The molecule has 58 valence electrons. The Morgan fingerprint density at radius 2 is 1.82 bits per heavy atom. The molecule has 0 bridgehead atoms. The van der Waals surface area contributed by atoms with Crippen LogP contribution in [0.15, 0.2) is 24.4 Å². The lowest BCUT2D eigenvalue weighted by molar-refractivity contribution is 0.282. The Hall–Kier alpha value is -1.38. The summed E-state index contributed by atoms with van der Waals surface area (Å²) in [6, 6.07) is 0. The van der Waals surface area contributed by atoms with Crippen LogP contribution in [0.3, 0.4) is 0 Å². The van der Waals surface area contributed by atoms with Gasteiger partial charge >= 0.3 is 0 Å². The van der Waals surface area contributed by atoms with Crippen molar-refractivity contribution in [1.29, 1.82) is 0 Å². The molecule has 0 aliphatic carbocycles. The van der Waals surface area contributed by atoms with Gasteiger partial charge < -0.3 is 14.0 Å². The third-order valence-electron chi connectivity index (χ3n) is 1.54. The van der Waals surface area contributed by atoms with Crippen molar-refractivity contribution in [3.63, 3.8) is 0 Å². The molecule has 0 fully saturated rings. The van der Waals surface area contributed by atoms with E-state index >= 15 is 0 Å². The molecular formula is C8H9NO2. The number of allylic oxidation sites excluding steroid dienone is 1. The molecule has 0 amide bonds. The third-order valence-corrected chi connectivity index (χ3v) is 1.54. The van der Waals surface area contributed by atoms with Crippen molar-refractivity contribution in [1.82, 2.24) is 4.57 Å². The van der Waals surface area contributed by atoms with Gasteiger partial charge in [-0.15, -0.1) is 0 Å². The molecule has 0 aromatic carbocycles. The highest BCUT2D eigenvalue weighted by Gasteiger charge is 2.19. The first-order valence-electron chi connectivity index (χ1n) is 3.47. The van der Waals surface area contributed by atoms with E-state index in [2.05, 4.69) is 0 Å². The summed E-state index contributed by atoms with van der Waals surface area (Å²) in [5.41, 5.74) is 0.